The van der Waals surface area contributed by atoms with Gasteiger partial charge in [-0.3, -0.25) is 9.79 Å². The molecule has 0 aliphatic heterocycles. The summed E-state index contributed by atoms with van der Waals surface area (Å²) in [4.78, 5) is 16.0. The fourth-order valence-corrected chi connectivity index (χ4v) is 1.72. The van der Waals surface area contributed by atoms with Crippen LogP contribution in [0, 0.1) is 5.92 Å². The highest BCUT2D eigenvalue weighted by Crippen LogP contribution is 2.02. The maximum Gasteiger partial charge on any atom is 0.221 e. The van der Waals surface area contributed by atoms with Gasteiger partial charge in [0.1, 0.15) is 0 Å². The molecule has 0 heterocycles. The zero-order valence-electron chi connectivity index (χ0n) is 13.8. The predicted octanol–water partition coefficient (Wildman–Crippen LogP) is 1.89. The minimum Gasteiger partial charge on any atom is -0.357 e. The highest BCUT2D eigenvalue weighted by atomic mass is 16.1. The molecule has 5 heteroatoms. The van der Waals surface area contributed by atoms with Gasteiger partial charge in [-0.1, -0.05) is 13.8 Å². The summed E-state index contributed by atoms with van der Waals surface area (Å²) in [7, 11) is 0. The zero-order chi connectivity index (χ0) is 15.4. The number of nitrogens with one attached hydrogen (secondary N) is 3. The summed E-state index contributed by atoms with van der Waals surface area (Å²) < 4.78 is 0. The van der Waals surface area contributed by atoms with Gasteiger partial charge in [0, 0.05) is 32.1 Å². The van der Waals surface area contributed by atoms with Gasteiger partial charge in [-0.2, -0.15) is 0 Å². The van der Waals surface area contributed by atoms with Gasteiger partial charge in [0.25, 0.3) is 0 Å². The van der Waals surface area contributed by atoms with Gasteiger partial charge in [-0.05, 0) is 39.5 Å². The molecule has 20 heavy (non-hydrogen) atoms. The van der Waals surface area contributed by atoms with Crippen molar-refractivity contribution in [3.8, 4) is 0 Å². The van der Waals surface area contributed by atoms with Gasteiger partial charge in [-0.15, -0.1) is 0 Å². The molecule has 0 spiro atoms. The second-order valence-electron chi connectivity index (χ2n) is 5.70. The van der Waals surface area contributed by atoms with E-state index in [1.54, 1.807) is 0 Å². The fraction of sp³-hybridized carbons (Fsp3) is 0.867. The molecule has 3 N–H and O–H groups in total. The molecule has 0 aromatic heterocycles. The lowest BCUT2D eigenvalue weighted by Gasteiger charge is -2.12. The third-order valence-corrected chi connectivity index (χ3v) is 2.65. The summed E-state index contributed by atoms with van der Waals surface area (Å²) in [5.74, 6) is 1.59. The monoisotopic (exact) mass is 284 g/mol. The van der Waals surface area contributed by atoms with Crippen LogP contribution in [0.4, 0.5) is 0 Å². The number of carbonyl (C=O) groups excluding carboxylic acids is 1. The standard InChI is InChI=1S/C15H32N4O/c1-6-16-15(17-10-7-8-12(2)3)18-11-9-14(20)19-13(4)5/h12-13H,6-11H2,1-5H3,(H,19,20)(H2,16,17,18). The van der Waals surface area contributed by atoms with E-state index in [9.17, 15) is 4.79 Å². The van der Waals surface area contributed by atoms with Crippen molar-refractivity contribution >= 4 is 11.9 Å². The Morgan fingerprint density at radius 1 is 1.15 bits per heavy atom. The van der Waals surface area contributed by atoms with Gasteiger partial charge < -0.3 is 16.0 Å². The Hall–Kier alpha value is -1.26. The number of hydrogen-bond acceptors (Lipinski definition) is 2. The van der Waals surface area contributed by atoms with E-state index in [0.717, 1.165) is 31.4 Å². The minimum absolute atomic E-state index is 0.0724. The Morgan fingerprint density at radius 2 is 1.85 bits per heavy atom. The SMILES string of the molecule is CCNC(=NCCCC(C)C)NCCC(=O)NC(C)C. The molecule has 0 aliphatic carbocycles. The maximum atomic E-state index is 11.5. The average molecular weight is 284 g/mol. The highest BCUT2D eigenvalue weighted by molar-refractivity contribution is 5.81. The largest absolute Gasteiger partial charge is 0.357 e. The van der Waals surface area contributed by atoms with Gasteiger partial charge in [0.2, 0.25) is 5.91 Å². The number of nitrogens with zero attached hydrogens (tertiary/aromatic N) is 1. The Bertz CT molecular complexity index is 288. The van der Waals surface area contributed by atoms with Gasteiger partial charge in [0.15, 0.2) is 5.96 Å². The lowest BCUT2D eigenvalue weighted by atomic mass is 10.1. The first-order chi connectivity index (χ1) is 9.45. The van der Waals surface area contributed by atoms with E-state index in [0.29, 0.717) is 13.0 Å². The van der Waals surface area contributed by atoms with Crippen molar-refractivity contribution in [2.45, 2.75) is 59.9 Å². The number of aliphatic imine (C=N–C) groups is 1. The zero-order valence-corrected chi connectivity index (χ0v) is 13.8. The van der Waals surface area contributed by atoms with Crippen LogP contribution in [-0.4, -0.2) is 37.5 Å². The molecular formula is C15H32N4O. The summed E-state index contributed by atoms with van der Waals surface area (Å²) in [5, 5.41) is 9.26. The molecule has 0 unspecified atom stereocenters. The quantitative estimate of drug-likeness (QED) is 0.344. The van der Waals surface area contributed by atoms with Crippen LogP contribution in [-0.2, 0) is 4.79 Å². The van der Waals surface area contributed by atoms with Crippen molar-refractivity contribution in [1.82, 2.24) is 16.0 Å². The summed E-state index contributed by atoms with van der Waals surface area (Å²) in [5.41, 5.74) is 0. The van der Waals surface area contributed by atoms with Crippen LogP contribution in [0.1, 0.15) is 53.9 Å². The van der Waals surface area contributed by atoms with E-state index >= 15 is 0 Å². The second-order valence-corrected chi connectivity index (χ2v) is 5.70. The van der Waals surface area contributed by atoms with Crippen LogP contribution in [0.5, 0.6) is 0 Å². The van der Waals surface area contributed by atoms with Crippen LogP contribution in [0.15, 0.2) is 4.99 Å². The van der Waals surface area contributed by atoms with Crippen LogP contribution >= 0.6 is 0 Å². The molecule has 118 valence electrons. The smallest absolute Gasteiger partial charge is 0.221 e. The van der Waals surface area contributed by atoms with Crippen molar-refractivity contribution in [1.29, 1.82) is 0 Å². The first-order valence-electron chi connectivity index (χ1n) is 7.77. The fourth-order valence-electron chi connectivity index (χ4n) is 1.72. The average Bonchev–Trinajstić information content (AvgIpc) is 2.33. The van der Waals surface area contributed by atoms with E-state index < -0.39 is 0 Å². The Kier molecular flexibility index (Phi) is 10.8. The van der Waals surface area contributed by atoms with Crippen LogP contribution < -0.4 is 16.0 Å². The molecule has 0 bridgehead atoms. The molecule has 0 aromatic rings. The van der Waals surface area contributed by atoms with Crippen molar-refractivity contribution < 1.29 is 4.79 Å². The minimum atomic E-state index is 0.0724. The van der Waals surface area contributed by atoms with E-state index in [2.05, 4.69) is 34.8 Å². The summed E-state index contributed by atoms with van der Waals surface area (Å²) in [6.45, 7) is 12.7. The number of carbonyl (C=O) groups is 1. The lowest BCUT2D eigenvalue weighted by molar-refractivity contribution is -0.121. The third kappa shape index (κ3) is 11.8. The van der Waals surface area contributed by atoms with E-state index in [4.69, 9.17) is 0 Å². The van der Waals surface area contributed by atoms with Crippen molar-refractivity contribution in [3.63, 3.8) is 0 Å². The first-order valence-corrected chi connectivity index (χ1v) is 7.77. The highest BCUT2D eigenvalue weighted by Gasteiger charge is 2.03. The van der Waals surface area contributed by atoms with Crippen molar-refractivity contribution in [2.24, 2.45) is 10.9 Å². The van der Waals surface area contributed by atoms with Crippen LogP contribution in [0.3, 0.4) is 0 Å². The van der Waals surface area contributed by atoms with Crippen molar-refractivity contribution in [3.05, 3.63) is 0 Å². The Balaban J connectivity index is 3.95. The molecule has 0 saturated carbocycles. The Labute approximate surface area is 124 Å². The maximum absolute atomic E-state index is 11.5. The number of guanidine groups is 1. The number of rotatable bonds is 9. The molecule has 0 aliphatic rings. The van der Waals surface area contributed by atoms with Gasteiger partial charge >= 0.3 is 0 Å². The van der Waals surface area contributed by atoms with E-state index in [1.807, 2.05) is 20.8 Å². The molecule has 0 saturated heterocycles. The molecule has 0 aromatic carbocycles. The summed E-state index contributed by atoms with van der Waals surface area (Å²) in [6.07, 6.45) is 2.76. The number of hydrogen-bond donors (Lipinski definition) is 3. The topological polar surface area (TPSA) is 65.5 Å². The molecule has 5 nitrogen and oxygen atoms in total. The normalized spacial score (nSPS) is 11.8. The van der Waals surface area contributed by atoms with Gasteiger partial charge in [0.05, 0.1) is 0 Å². The Morgan fingerprint density at radius 3 is 2.40 bits per heavy atom. The van der Waals surface area contributed by atoms with E-state index in [-0.39, 0.29) is 11.9 Å². The molecule has 0 atom stereocenters. The van der Waals surface area contributed by atoms with Crippen molar-refractivity contribution in [2.75, 3.05) is 19.6 Å². The number of amides is 1. The summed E-state index contributed by atoms with van der Waals surface area (Å²) in [6, 6.07) is 0.195. The molecule has 0 rings (SSSR count). The third-order valence-electron chi connectivity index (χ3n) is 2.65. The lowest BCUT2D eigenvalue weighted by Crippen LogP contribution is -2.40. The predicted molar refractivity (Wildman–Crippen MR) is 85.9 cm³/mol. The molecular weight excluding hydrogens is 252 g/mol. The molecule has 0 fully saturated rings. The van der Waals surface area contributed by atoms with Gasteiger partial charge in [-0.25, -0.2) is 0 Å². The molecule has 0 radical (unpaired) electrons. The molecule has 1 amide bonds. The van der Waals surface area contributed by atoms with Crippen LogP contribution in [0.25, 0.3) is 0 Å². The summed E-state index contributed by atoms with van der Waals surface area (Å²) >= 11 is 0. The van der Waals surface area contributed by atoms with E-state index in [1.165, 1.54) is 6.42 Å². The van der Waals surface area contributed by atoms with Crippen LogP contribution in [0.2, 0.25) is 0 Å². The first kappa shape index (κ1) is 18.7. The second kappa shape index (κ2) is 11.6.